The molecule has 0 aliphatic rings. The Labute approximate surface area is 145 Å². The molecular formula is C17H29ClN2O3. The average Bonchev–Trinajstić information content (AvgIpc) is 2.51. The van der Waals surface area contributed by atoms with Gasteiger partial charge in [-0.1, -0.05) is 19.9 Å². The maximum absolute atomic E-state index is 11.6. The molecule has 0 aliphatic carbocycles. The van der Waals surface area contributed by atoms with Gasteiger partial charge in [-0.25, -0.2) is 0 Å². The monoisotopic (exact) mass is 344 g/mol. The van der Waals surface area contributed by atoms with Crippen molar-refractivity contribution in [2.45, 2.75) is 46.1 Å². The third kappa shape index (κ3) is 7.57. The lowest BCUT2D eigenvalue weighted by molar-refractivity contribution is -0.121. The summed E-state index contributed by atoms with van der Waals surface area (Å²) in [4.78, 5) is 11.6. The molecule has 6 heteroatoms. The fourth-order valence-corrected chi connectivity index (χ4v) is 1.98. The lowest BCUT2D eigenvalue weighted by Gasteiger charge is -2.18. The highest BCUT2D eigenvalue weighted by atomic mass is 35.5. The summed E-state index contributed by atoms with van der Waals surface area (Å²) in [7, 11) is 0. The van der Waals surface area contributed by atoms with Crippen molar-refractivity contribution in [2.24, 2.45) is 5.73 Å². The van der Waals surface area contributed by atoms with Crippen LogP contribution in [0.15, 0.2) is 18.2 Å². The first kappa shape index (κ1) is 21.5. The van der Waals surface area contributed by atoms with Gasteiger partial charge in [0.1, 0.15) is 0 Å². The standard InChI is InChI=1S/C17H28N2O3.ClH/c1-4-10-21-15-7-6-14(12-16(15)22-11-5-2)13(3)19-17(20)8-9-18;/h6-7,12-13H,4-5,8-11,18H2,1-3H3,(H,19,20);1H. The average molecular weight is 345 g/mol. The fraction of sp³-hybridized carbons (Fsp3) is 0.588. The van der Waals surface area contributed by atoms with Crippen LogP contribution in [0.2, 0.25) is 0 Å². The second kappa shape index (κ2) is 12.0. The first-order valence-corrected chi connectivity index (χ1v) is 8.01. The summed E-state index contributed by atoms with van der Waals surface area (Å²) in [6.45, 7) is 7.72. The van der Waals surface area contributed by atoms with E-state index in [-0.39, 0.29) is 24.4 Å². The van der Waals surface area contributed by atoms with E-state index in [1.807, 2.05) is 25.1 Å². The maximum atomic E-state index is 11.6. The summed E-state index contributed by atoms with van der Waals surface area (Å²) in [5, 5.41) is 2.93. The number of hydrogen-bond donors (Lipinski definition) is 2. The van der Waals surface area contributed by atoms with E-state index < -0.39 is 0 Å². The first-order chi connectivity index (χ1) is 10.6. The number of rotatable bonds is 10. The van der Waals surface area contributed by atoms with Crippen molar-refractivity contribution in [2.75, 3.05) is 19.8 Å². The Balaban J connectivity index is 0.00000484. The summed E-state index contributed by atoms with van der Waals surface area (Å²) in [5.41, 5.74) is 6.38. The zero-order chi connectivity index (χ0) is 16.4. The summed E-state index contributed by atoms with van der Waals surface area (Å²) in [6, 6.07) is 5.70. The van der Waals surface area contributed by atoms with Crippen molar-refractivity contribution in [3.05, 3.63) is 23.8 Å². The molecule has 5 nitrogen and oxygen atoms in total. The van der Waals surface area contributed by atoms with Crippen LogP contribution in [0.4, 0.5) is 0 Å². The van der Waals surface area contributed by atoms with E-state index in [2.05, 4.69) is 19.2 Å². The van der Waals surface area contributed by atoms with E-state index in [1.54, 1.807) is 0 Å². The summed E-state index contributed by atoms with van der Waals surface area (Å²) in [6.07, 6.45) is 2.21. The van der Waals surface area contributed by atoms with E-state index in [1.165, 1.54) is 0 Å². The van der Waals surface area contributed by atoms with Crippen LogP contribution in [-0.4, -0.2) is 25.7 Å². The van der Waals surface area contributed by atoms with Crippen molar-refractivity contribution >= 4 is 18.3 Å². The van der Waals surface area contributed by atoms with Crippen LogP contribution in [0.3, 0.4) is 0 Å². The molecule has 1 unspecified atom stereocenters. The van der Waals surface area contributed by atoms with Gasteiger partial charge in [-0.2, -0.15) is 0 Å². The zero-order valence-corrected chi connectivity index (χ0v) is 15.1. The molecule has 0 saturated carbocycles. The molecule has 3 N–H and O–H groups in total. The normalized spacial score (nSPS) is 11.3. The van der Waals surface area contributed by atoms with Gasteiger partial charge in [0.2, 0.25) is 5.91 Å². The van der Waals surface area contributed by atoms with Gasteiger partial charge in [-0.15, -0.1) is 12.4 Å². The van der Waals surface area contributed by atoms with Crippen molar-refractivity contribution in [1.82, 2.24) is 5.32 Å². The molecule has 0 radical (unpaired) electrons. The van der Waals surface area contributed by atoms with Gasteiger partial charge in [-0.05, 0) is 37.5 Å². The highest BCUT2D eigenvalue weighted by molar-refractivity contribution is 5.85. The molecule has 0 spiro atoms. The van der Waals surface area contributed by atoms with Gasteiger partial charge in [0.15, 0.2) is 11.5 Å². The van der Waals surface area contributed by atoms with Crippen molar-refractivity contribution in [3.8, 4) is 11.5 Å². The summed E-state index contributed by atoms with van der Waals surface area (Å²) >= 11 is 0. The molecule has 0 aliphatic heterocycles. The first-order valence-electron chi connectivity index (χ1n) is 8.01. The third-order valence-corrected chi connectivity index (χ3v) is 3.14. The van der Waals surface area contributed by atoms with E-state index in [0.29, 0.717) is 26.2 Å². The Morgan fingerprint density at radius 2 is 1.78 bits per heavy atom. The Hall–Kier alpha value is -1.46. The van der Waals surface area contributed by atoms with E-state index in [4.69, 9.17) is 15.2 Å². The van der Waals surface area contributed by atoms with Crippen LogP contribution in [0, 0.1) is 0 Å². The second-order valence-corrected chi connectivity index (χ2v) is 5.23. The predicted octanol–water partition coefficient (Wildman–Crippen LogP) is 3.21. The molecule has 1 aromatic rings. The molecule has 1 rings (SSSR count). The summed E-state index contributed by atoms with van der Waals surface area (Å²) < 4.78 is 11.5. The fourth-order valence-electron chi connectivity index (χ4n) is 1.98. The minimum Gasteiger partial charge on any atom is -0.490 e. The second-order valence-electron chi connectivity index (χ2n) is 5.23. The Morgan fingerprint density at radius 1 is 1.17 bits per heavy atom. The van der Waals surface area contributed by atoms with Crippen LogP contribution in [0.1, 0.15) is 51.6 Å². The largest absolute Gasteiger partial charge is 0.490 e. The lowest BCUT2D eigenvalue weighted by atomic mass is 10.1. The molecule has 1 amide bonds. The minimum absolute atomic E-state index is 0. The van der Waals surface area contributed by atoms with Crippen molar-refractivity contribution in [3.63, 3.8) is 0 Å². The Morgan fingerprint density at radius 3 is 2.35 bits per heavy atom. The number of carbonyl (C=O) groups excluding carboxylic acids is 1. The highest BCUT2D eigenvalue weighted by Crippen LogP contribution is 2.31. The number of halogens is 1. The summed E-state index contributed by atoms with van der Waals surface area (Å²) in [5.74, 6) is 1.43. The van der Waals surface area contributed by atoms with Gasteiger partial charge in [0.25, 0.3) is 0 Å². The molecule has 1 atom stereocenters. The molecule has 1 aromatic carbocycles. The Kier molecular flexibility index (Phi) is 11.3. The van der Waals surface area contributed by atoms with Crippen LogP contribution in [-0.2, 0) is 4.79 Å². The van der Waals surface area contributed by atoms with Crippen molar-refractivity contribution in [1.29, 1.82) is 0 Å². The van der Waals surface area contributed by atoms with Crippen LogP contribution in [0.25, 0.3) is 0 Å². The molecule has 0 bridgehead atoms. The van der Waals surface area contributed by atoms with Gasteiger partial charge >= 0.3 is 0 Å². The Bertz CT molecular complexity index is 469. The number of amides is 1. The van der Waals surface area contributed by atoms with Crippen LogP contribution >= 0.6 is 12.4 Å². The van der Waals surface area contributed by atoms with E-state index in [9.17, 15) is 4.79 Å². The zero-order valence-electron chi connectivity index (χ0n) is 14.3. The topological polar surface area (TPSA) is 73.6 Å². The number of ether oxygens (including phenoxy) is 2. The quantitative estimate of drug-likeness (QED) is 0.683. The van der Waals surface area contributed by atoms with Gasteiger partial charge in [0.05, 0.1) is 19.3 Å². The van der Waals surface area contributed by atoms with E-state index in [0.717, 1.165) is 29.9 Å². The van der Waals surface area contributed by atoms with Crippen LogP contribution < -0.4 is 20.5 Å². The number of nitrogens with one attached hydrogen (secondary N) is 1. The van der Waals surface area contributed by atoms with Gasteiger partial charge < -0.3 is 20.5 Å². The number of carbonyl (C=O) groups is 1. The van der Waals surface area contributed by atoms with Gasteiger partial charge in [0, 0.05) is 13.0 Å². The van der Waals surface area contributed by atoms with Gasteiger partial charge in [-0.3, -0.25) is 4.79 Å². The molecule has 0 saturated heterocycles. The molecule has 23 heavy (non-hydrogen) atoms. The van der Waals surface area contributed by atoms with Crippen molar-refractivity contribution < 1.29 is 14.3 Å². The number of nitrogens with two attached hydrogens (primary N) is 1. The number of benzene rings is 1. The van der Waals surface area contributed by atoms with Crippen LogP contribution in [0.5, 0.6) is 11.5 Å². The van der Waals surface area contributed by atoms with E-state index >= 15 is 0 Å². The predicted molar refractivity (Wildman–Crippen MR) is 95.5 cm³/mol. The third-order valence-electron chi connectivity index (χ3n) is 3.14. The number of hydrogen-bond acceptors (Lipinski definition) is 4. The lowest BCUT2D eigenvalue weighted by Crippen LogP contribution is -2.28. The smallest absolute Gasteiger partial charge is 0.221 e. The highest BCUT2D eigenvalue weighted by Gasteiger charge is 2.13. The SMILES string of the molecule is CCCOc1ccc(C(C)NC(=O)CCN)cc1OCCC.Cl. The minimum atomic E-state index is -0.0942. The molecule has 132 valence electrons. The maximum Gasteiger partial charge on any atom is 0.221 e. The molecule has 0 heterocycles. The molecule has 0 aromatic heterocycles. The molecular weight excluding hydrogens is 316 g/mol. The molecule has 0 fully saturated rings.